The van der Waals surface area contributed by atoms with Crippen LogP contribution >= 0.6 is 0 Å². The molecule has 0 spiro atoms. The van der Waals surface area contributed by atoms with Crippen LogP contribution in [0.2, 0.25) is 0 Å². The van der Waals surface area contributed by atoms with E-state index < -0.39 is 0 Å². The Labute approximate surface area is 197 Å². The van der Waals surface area contributed by atoms with Crippen molar-refractivity contribution in [3.05, 3.63) is 95.6 Å². The van der Waals surface area contributed by atoms with Crippen LogP contribution in [0.3, 0.4) is 0 Å². The number of carbonyl (C=O) groups excluding carboxylic acids is 1. The lowest BCUT2D eigenvalue weighted by atomic mass is 9.97. The summed E-state index contributed by atoms with van der Waals surface area (Å²) in [7, 11) is 0. The molecular weight excluding hydrogens is 433 g/mol. The number of piperidine rings is 1. The quantitative estimate of drug-likeness (QED) is 0.422. The monoisotopic (exact) mass is 459 g/mol. The Morgan fingerprint density at radius 2 is 1.97 bits per heavy atom. The zero-order valence-electron chi connectivity index (χ0n) is 19.0. The number of halogens is 1. The molecule has 1 aliphatic rings. The molecule has 1 fully saturated rings. The Balaban J connectivity index is 1.25. The molecule has 8 heteroatoms. The molecule has 0 bridgehead atoms. The first-order valence-electron chi connectivity index (χ1n) is 11.6. The molecule has 7 nitrogen and oxygen atoms in total. The second-order valence-electron chi connectivity index (χ2n) is 8.53. The minimum Gasteiger partial charge on any atom is -0.445 e. The number of aromatic nitrogens is 4. The predicted octanol–water partition coefficient (Wildman–Crippen LogP) is 4.57. The van der Waals surface area contributed by atoms with Gasteiger partial charge >= 0.3 is 0 Å². The maximum absolute atomic E-state index is 13.2. The van der Waals surface area contributed by atoms with Gasteiger partial charge in [0.2, 0.25) is 0 Å². The number of hydrogen-bond acceptors (Lipinski definition) is 5. The van der Waals surface area contributed by atoms with Crippen molar-refractivity contribution >= 4 is 5.91 Å². The van der Waals surface area contributed by atoms with Crippen LogP contribution in [-0.4, -0.2) is 43.4 Å². The van der Waals surface area contributed by atoms with Gasteiger partial charge in [-0.05, 0) is 42.7 Å². The van der Waals surface area contributed by atoms with Gasteiger partial charge in [-0.25, -0.2) is 19.3 Å². The van der Waals surface area contributed by atoms with E-state index in [0.717, 1.165) is 42.2 Å². The molecule has 4 heterocycles. The normalized spacial score (nSPS) is 16.1. The van der Waals surface area contributed by atoms with Crippen LogP contribution in [0.5, 0.6) is 0 Å². The number of benzene rings is 1. The molecule has 34 heavy (non-hydrogen) atoms. The lowest BCUT2D eigenvalue weighted by molar-refractivity contribution is 0.0697. The molecule has 0 radical (unpaired) electrons. The number of pyridine rings is 1. The highest BCUT2D eigenvalue weighted by Gasteiger charge is 2.28. The summed E-state index contributed by atoms with van der Waals surface area (Å²) in [4.78, 5) is 28.3. The summed E-state index contributed by atoms with van der Waals surface area (Å²) in [6.45, 7) is 3.30. The predicted molar refractivity (Wildman–Crippen MR) is 124 cm³/mol. The van der Waals surface area contributed by atoms with Crippen molar-refractivity contribution in [2.45, 2.75) is 38.5 Å². The molecule has 0 aliphatic carbocycles. The largest absolute Gasteiger partial charge is 0.445 e. The molecule has 1 saturated heterocycles. The molecule has 174 valence electrons. The number of nitrogens with zero attached hydrogens (tertiary/aromatic N) is 5. The maximum atomic E-state index is 13.2. The van der Waals surface area contributed by atoms with Crippen LogP contribution in [0, 0.1) is 5.82 Å². The highest BCUT2D eigenvalue weighted by atomic mass is 19.1. The van der Waals surface area contributed by atoms with Crippen molar-refractivity contribution in [2.24, 2.45) is 0 Å². The Bertz CT molecular complexity index is 1260. The van der Waals surface area contributed by atoms with Gasteiger partial charge < -0.3 is 9.32 Å². The van der Waals surface area contributed by atoms with Crippen LogP contribution in [0.1, 0.15) is 59.1 Å². The van der Waals surface area contributed by atoms with E-state index in [1.165, 1.54) is 12.1 Å². The summed E-state index contributed by atoms with van der Waals surface area (Å²) in [6, 6.07) is 10.0. The van der Waals surface area contributed by atoms with E-state index in [1.807, 2.05) is 34.7 Å². The van der Waals surface area contributed by atoms with E-state index in [4.69, 9.17) is 4.42 Å². The number of oxazole rings is 1. The average Bonchev–Trinajstić information content (AvgIpc) is 3.55. The zero-order chi connectivity index (χ0) is 23.5. The summed E-state index contributed by atoms with van der Waals surface area (Å²) in [5, 5.41) is 0. The highest BCUT2D eigenvalue weighted by molar-refractivity contribution is 5.94. The van der Waals surface area contributed by atoms with E-state index in [0.29, 0.717) is 31.0 Å². The third-order valence-corrected chi connectivity index (χ3v) is 6.20. The molecule has 1 amide bonds. The van der Waals surface area contributed by atoms with Gasteiger partial charge in [0.25, 0.3) is 5.91 Å². The molecule has 1 unspecified atom stereocenters. The molecule has 0 saturated carbocycles. The van der Waals surface area contributed by atoms with Crippen molar-refractivity contribution in [1.82, 2.24) is 24.4 Å². The highest BCUT2D eigenvalue weighted by Crippen LogP contribution is 2.28. The molecule has 1 aromatic carbocycles. The van der Waals surface area contributed by atoms with Gasteiger partial charge in [-0.3, -0.25) is 9.36 Å². The molecule has 0 N–H and O–H groups in total. The fourth-order valence-corrected chi connectivity index (χ4v) is 4.40. The zero-order valence-corrected chi connectivity index (χ0v) is 19.0. The first-order valence-corrected chi connectivity index (χ1v) is 11.6. The number of carbonyl (C=O) groups is 1. The number of rotatable bonds is 6. The second kappa shape index (κ2) is 9.59. The number of amides is 1. The first kappa shape index (κ1) is 22.0. The molecule has 4 aromatic rings. The summed E-state index contributed by atoms with van der Waals surface area (Å²) in [5.41, 5.74) is 1.52. The third-order valence-electron chi connectivity index (χ3n) is 6.20. The summed E-state index contributed by atoms with van der Waals surface area (Å²) < 4.78 is 21.1. The standard InChI is InChI=1S/C26H26FN5O2/c1-2-23-28-11-13-32(23)24-10-7-19(15-29-24)26(33)31-12-3-4-20(17-31)25-30-16-22(34-25)14-18-5-8-21(27)9-6-18/h5-11,13,15-16,20H,2-4,12,14,17H2,1H3. The topological polar surface area (TPSA) is 77.0 Å². The lowest BCUT2D eigenvalue weighted by Crippen LogP contribution is -2.39. The van der Waals surface area contributed by atoms with Crippen LogP contribution in [0.15, 0.2) is 65.6 Å². The van der Waals surface area contributed by atoms with E-state index in [1.54, 1.807) is 30.7 Å². The SMILES string of the molecule is CCc1nccn1-c1ccc(C(=O)N2CCCC(c3ncc(Cc4ccc(F)cc4)o3)C2)cn1. The van der Waals surface area contributed by atoms with Crippen LogP contribution in [-0.2, 0) is 12.8 Å². The van der Waals surface area contributed by atoms with Gasteiger partial charge in [0, 0.05) is 44.5 Å². The Hall–Kier alpha value is -3.81. The number of aryl methyl sites for hydroxylation is 1. The van der Waals surface area contributed by atoms with Crippen LogP contribution < -0.4 is 0 Å². The van der Waals surface area contributed by atoms with E-state index in [2.05, 4.69) is 15.0 Å². The van der Waals surface area contributed by atoms with E-state index in [9.17, 15) is 9.18 Å². The van der Waals surface area contributed by atoms with Gasteiger partial charge in [-0.15, -0.1) is 0 Å². The van der Waals surface area contributed by atoms with Crippen molar-refractivity contribution in [1.29, 1.82) is 0 Å². The van der Waals surface area contributed by atoms with Crippen molar-refractivity contribution in [3.63, 3.8) is 0 Å². The minimum atomic E-state index is -0.258. The van der Waals surface area contributed by atoms with Gasteiger partial charge in [0.1, 0.15) is 23.2 Å². The second-order valence-corrected chi connectivity index (χ2v) is 8.53. The van der Waals surface area contributed by atoms with Crippen LogP contribution in [0.4, 0.5) is 4.39 Å². The van der Waals surface area contributed by atoms with Crippen molar-refractivity contribution in [2.75, 3.05) is 13.1 Å². The Morgan fingerprint density at radius 1 is 1.12 bits per heavy atom. The Kier molecular flexibility index (Phi) is 6.20. The smallest absolute Gasteiger partial charge is 0.255 e. The van der Waals surface area contributed by atoms with E-state index in [-0.39, 0.29) is 17.6 Å². The Morgan fingerprint density at radius 3 is 2.74 bits per heavy atom. The summed E-state index contributed by atoms with van der Waals surface area (Å²) in [5.74, 6) is 2.80. The molecule has 5 rings (SSSR count). The number of imidazole rings is 1. The van der Waals surface area contributed by atoms with Crippen molar-refractivity contribution < 1.29 is 13.6 Å². The fraction of sp³-hybridized carbons (Fsp3) is 0.308. The van der Waals surface area contributed by atoms with Crippen LogP contribution in [0.25, 0.3) is 5.82 Å². The number of likely N-dealkylation sites (tertiary alicyclic amines) is 1. The molecule has 1 aliphatic heterocycles. The minimum absolute atomic E-state index is 0.0387. The number of hydrogen-bond donors (Lipinski definition) is 0. The first-order chi connectivity index (χ1) is 16.6. The summed E-state index contributed by atoms with van der Waals surface area (Å²) in [6.07, 6.45) is 10.1. The van der Waals surface area contributed by atoms with E-state index >= 15 is 0 Å². The molecular formula is C26H26FN5O2. The van der Waals surface area contributed by atoms with Gasteiger partial charge in [-0.2, -0.15) is 0 Å². The van der Waals surface area contributed by atoms with Crippen molar-refractivity contribution in [3.8, 4) is 5.82 Å². The summed E-state index contributed by atoms with van der Waals surface area (Å²) >= 11 is 0. The van der Waals surface area contributed by atoms with Gasteiger partial charge in [0.15, 0.2) is 5.89 Å². The van der Waals surface area contributed by atoms with Gasteiger partial charge in [-0.1, -0.05) is 19.1 Å². The third kappa shape index (κ3) is 4.62. The fourth-order valence-electron chi connectivity index (χ4n) is 4.40. The average molecular weight is 460 g/mol. The molecule has 3 aromatic heterocycles. The maximum Gasteiger partial charge on any atom is 0.255 e. The molecule has 1 atom stereocenters. The van der Waals surface area contributed by atoms with Gasteiger partial charge in [0.05, 0.1) is 17.7 Å². The lowest BCUT2D eigenvalue weighted by Gasteiger charge is -2.31.